The average Bonchev–Trinajstić information content (AvgIpc) is 3.45. The van der Waals surface area contributed by atoms with Gasteiger partial charge >= 0.3 is 0 Å². The van der Waals surface area contributed by atoms with Gasteiger partial charge in [0.2, 0.25) is 11.0 Å². The third kappa shape index (κ3) is 3.90. The maximum absolute atomic E-state index is 13.3. The summed E-state index contributed by atoms with van der Waals surface area (Å²) < 4.78 is 16.2. The molecule has 0 bridgehead atoms. The summed E-state index contributed by atoms with van der Waals surface area (Å²) in [7, 11) is 0. The highest BCUT2D eigenvalue weighted by atomic mass is 79.9. The Labute approximate surface area is 226 Å². The number of thiazole rings is 1. The molecule has 3 aromatic carbocycles. The van der Waals surface area contributed by atoms with Crippen molar-refractivity contribution in [3.8, 4) is 17.1 Å². The zero-order valence-electron chi connectivity index (χ0n) is 20.5. The molecule has 0 fully saturated rings. The Kier molecular flexibility index (Phi) is 5.58. The highest BCUT2D eigenvalue weighted by Crippen LogP contribution is 2.55. The van der Waals surface area contributed by atoms with Crippen molar-refractivity contribution in [2.45, 2.75) is 38.1 Å². The van der Waals surface area contributed by atoms with E-state index in [1.165, 1.54) is 29.0 Å². The molecule has 186 valence electrons. The van der Waals surface area contributed by atoms with Crippen molar-refractivity contribution in [3.05, 3.63) is 93.5 Å². The predicted molar refractivity (Wildman–Crippen MR) is 150 cm³/mol. The number of nitrogens with zero attached hydrogens (tertiary/aromatic N) is 4. The topological polar surface area (TPSA) is 62.8 Å². The van der Waals surface area contributed by atoms with Gasteiger partial charge in [-0.2, -0.15) is 0 Å². The van der Waals surface area contributed by atoms with Gasteiger partial charge in [0.25, 0.3) is 0 Å². The van der Waals surface area contributed by atoms with E-state index >= 15 is 0 Å². The van der Waals surface area contributed by atoms with E-state index in [2.05, 4.69) is 82.2 Å². The second-order valence-corrected chi connectivity index (χ2v) is 12.0. The van der Waals surface area contributed by atoms with Gasteiger partial charge in [0.1, 0.15) is 5.82 Å². The molecule has 6 rings (SSSR count). The van der Waals surface area contributed by atoms with Crippen LogP contribution in [0.4, 0.5) is 15.2 Å². The molecule has 1 atom stereocenters. The molecule has 3 heterocycles. The van der Waals surface area contributed by atoms with Crippen LogP contribution in [0.15, 0.2) is 86.8 Å². The molecular formula is C29H24BrFN4OS. The fourth-order valence-corrected chi connectivity index (χ4v) is 6.82. The van der Waals surface area contributed by atoms with Crippen LogP contribution in [0.5, 0.6) is 5.88 Å². The summed E-state index contributed by atoms with van der Waals surface area (Å²) in [4.78, 5) is 4.54. The van der Waals surface area contributed by atoms with Crippen molar-refractivity contribution in [2.75, 3.05) is 0 Å². The Hall–Kier alpha value is -3.36. The molecule has 8 heteroatoms. The van der Waals surface area contributed by atoms with Crippen LogP contribution < -0.4 is 0 Å². The molecule has 0 saturated carbocycles. The molecule has 1 aliphatic heterocycles. The summed E-state index contributed by atoms with van der Waals surface area (Å²) in [5.74, 6) is -0.201. The molecule has 0 spiro atoms. The first kappa shape index (κ1) is 24.0. The number of hydrogen-bond donors (Lipinski definition) is 1. The number of hydrogen-bond acceptors (Lipinski definition) is 5. The normalized spacial score (nSPS) is 18.6. The maximum atomic E-state index is 13.3. The van der Waals surface area contributed by atoms with Gasteiger partial charge in [-0.05, 0) is 67.8 Å². The van der Waals surface area contributed by atoms with Crippen LogP contribution in [0, 0.1) is 5.82 Å². The lowest BCUT2D eigenvalue weighted by atomic mass is 9.66. The summed E-state index contributed by atoms with van der Waals surface area (Å²) in [6, 6.07) is 20.8. The SMILES string of the molecule is CC1(c2ccccc2)CC(C)(C)n2c(O)c(N=Nc3nc(-c4ccc(F)cc4)cs3)c3cc(Br)cc1c32. The number of aromatic hydroxyl groups is 1. The van der Waals surface area contributed by atoms with Gasteiger partial charge in [-0.15, -0.1) is 21.6 Å². The lowest BCUT2D eigenvalue weighted by molar-refractivity contribution is 0.236. The largest absolute Gasteiger partial charge is 0.493 e. The van der Waals surface area contributed by atoms with E-state index in [0.717, 1.165) is 32.9 Å². The average molecular weight is 576 g/mol. The Morgan fingerprint density at radius 1 is 1.03 bits per heavy atom. The van der Waals surface area contributed by atoms with Crippen molar-refractivity contribution in [3.63, 3.8) is 0 Å². The molecule has 1 unspecified atom stereocenters. The highest BCUT2D eigenvalue weighted by molar-refractivity contribution is 9.10. The van der Waals surface area contributed by atoms with E-state index in [1.807, 2.05) is 22.1 Å². The molecule has 5 nitrogen and oxygen atoms in total. The third-order valence-electron chi connectivity index (χ3n) is 7.24. The molecule has 1 aliphatic rings. The summed E-state index contributed by atoms with van der Waals surface area (Å²) in [5, 5.41) is 23.5. The first-order valence-electron chi connectivity index (χ1n) is 11.9. The summed E-state index contributed by atoms with van der Waals surface area (Å²) in [6.45, 7) is 6.57. The Morgan fingerprint density at radius 2 is 1.76 bits per heavy atom. The lowest BCUT2D eigenvalue weighted by Crippen LogP contribution is -2.41. The van der Waals surface area contributed by atoms with Crippen molar-refractivity contribution < 1.29 is 9.50 Å². The lowest BCUT2D eigenvalue weighted by Gasteiger charge is -2.45. The first-order chi connectivity index (χ1) is 17.7. The highest BCUT2D eigenvalue weighted by Gasteiger charge is 2.45. The molecule has 0 aliphatic carbocycles. The monoisotopic (exact) mass is 574 g/mol. The van der Waals surface area contributed by atoms with E-state index in [1.54, 1.807) is 12.1 Å². The molecule has 2 aromatic heterocycles. The summed E-state index contributed by atoms with van der Waals surface area (Å²) in [5.41, 5.74) is 4.61. The smallest absolute Gasteiger partial charge is 0.230 e. The van der Waals surface area contributed by atoms with Crippen molar-refractivity contribution in [1.29, 1.82) is 0 Å². The molecular weight excluding hydrogens is 551 g/mol. The molecule has 0 radical (unpaired) electrons. The quantitative estimate of drug-likeness (QED) is 0.217. The Morgan fingerprint density at radius 3 is 2.49 bits per heavy atom. The number of rotatable bonds is 4. The van der Waals surface area contributed by atoms with Gasteiger partial charge in [0.15, 0.2) is 5.69 Å². The van der Waals surface area contributed by atoms with E-state index in [9.17, 15) is 9.50 Å². The van der Waals surface area contributed by atoms with Gasteiger partial charge in [-0.1, -0.05) is 53.2 Å². The molecule has 0 saturated heterocycles. The standard InChI is InChI=1S/C29H24BrFN4OS/c1-28(2)16-29(3,18-7-5-4-6-8-18)22-14-19(30)13-21-24(26(36)35(28)25(21)22)33-34-27-32-23(15-37-27)17-9-11-20(31)12-10-17/h4-15,36H,16H2,1-3H3. The van der Waals surface area contributed by atoms with Crippen LogP contribution in [-0.4, -0.2) is 14.7 Å². The Bertz CT molecular complexity index is 1670. The molecule has 5 aromatic rings. The van der Waals surface area contributed by atoms with Crippen LogP contribution in [-0.2, 0) is 11.0 Å². The minimum atomic E-state index is -0.377. The van der Waals surface area contributed by atoms with Gasteiger partial charge in [-0.25, -0.2) is 9.37 Å². The number of aromatic nitrogens is 2. The zero-order chi connectivity index (χ0) is 25.9. The predicted octanol–water partition coefficient (Wildman–Crippen LogP) is 9.23. The van der Waals surface area contributed by atoms with Gasteiger partial charge in [0, 0.05) is 31.8 Å². The van der Waals surface area contributed by atoms with Crippen LogP contribution >= 0.6 is 27.3 Å². The maximum Gasteiger partial charge on any atom is 0.230 e. The first-order valence-corrected chi connectivity index (χ1v) is 13.6. The van der Waals surface area contributed by atoms with Crippen LogP contribution in [0.1, 0.15) is 38.3 Å². The minimum Gasteiger partial charge on any atom is -0.493 e. The van der Waals surface area contributed by atoms with Gasteiger partial charge < -0.3 is 9.67 Å². The van der Waals surface area contributed by atoms with Crippen LogP contribution in [0.25, 0.3) is 22.2 Å². The summed E-state index contributed by atoms with van der Waals surface area (Å²) >= 11 is 5.04. The summed E-state index contributed by atoms with van der Waals surface area (Å²) in [6.07, 6.45) is 0.800. The van der Waals surface area contributed by atoms with Gasteiger partial charge in [0.05, 0.1) is 11.2 Å². The van der Waals surface area contributed by atoms with E-state index in [4.69, 9.17) is 0 Å². The minimum absolute atomic E-state index is 0.0912. The van der Waals surface area contributed by atoms with Crippen LogP contribution in [0.3, 0.4) is 0 Å². The number of azo groups is 1. The zero-order valence-corrected chi connectivity index (χ0v) is 22.9. The van der Waals surface area contributed by atoms with E-state index in [0.29, 0.717) is 16.5 Å². The second-order valence-electron chi connectivity index (χ2n) is 10.3. The number of benzene rings is 3. The van der Waals surface area contributed by atoms with E-state index < -0.39 is 0 Å². The van der Waals surface area contributed by atoms with Gasteiger partial charge in [-0.3, -0.25) is 0 Å². The van der Waals surface area contributed by atoms with Crippen molar-refractivity contribution in [2.24, 2.45) is 10.2 Å². The fraction of sp³-hybridized carbons (Fsp3) is 0.207. The van der Waals surface area contributed by atoms with Crippen LogP contribution in [0.2, 0.25) is 0 Å². The second kappa shape index (κ2) is 8.60. The molecule has 37 heavy (non-hydrogen) atoms. The van der Waals surface area contributed by atoms with E-state index in [-0.39, 0.29) is 22.7 Å². The van der Waals surface area contributed by atoms with Crippen molar-refractivity contribution >= 4 is 49.0 Å². The molecule has 1 N–H and O–H groups in total. The third-order valence-corrected chi connectivity index (χ3v) is 8.42. The fourth-order valence-electron chi connectivity index (χ4n) is 5.72. The number of halogens is 2. The molecule has 0 amide bonds. The van der Waals surface area contributed by atoms with Crippen molar-refractivity contribution in [1.82, 2.24) is 9.55 Å². The Balaban J connectivity index is 1.49.